The molecule has 0 spiro atoms. The average molecular weight is 328 g/mol. The number of hydrogen-bond acceptors (Lipinski definition) is 2. The second kappa shape index (κ2) is 8.67. The zero-order chi connectivity index (χ0) is 17.5. The van der Waals surface area contributed by atoms with Crippen LogP contribution in [-0.2, 0) is 13.0 Å². The van der Waals surface area contributed by atoms with Crippen LogP contribution in [0.2, 0.25) is 0 Å². The fraction of sp³-hybridized carbons (Fsp3) is 0.500. The van der Waals surface area contributed by atoms with Gasteiger partial charge in [0.05, 0.1) is 0 Å². The van der Waals surface area contributed by atoms with Crippen LogP contribution in [0.25, 0.3) is 0 Å². The summed E-state index contributed by atoms with van der Waals surface area (Å²) in [5.74, 6) is 0.0787. The quantitative estimate of drug-likeness (QED) is 0.749. The molecule has 2 aromatic rings. The van der Waals surface area contributed by atoms with Gasteiger partial charge in [0.2, 0.25) is 0 Å². The number of nitrogens with zero attached hydrogens (tertiary/aromatic N) is 1. The maximum absolute atomic E-state index is 12.8. The Hall–Kier alpha value is -2.10. The minimum Gasteiger partial charge on any atom is -0.310 e. The third-order valence-corrected chi connectivity index (χ3v) is 4.34. The van der Waals surface area contributed by atoms with Gasteiger partial charge in [0.15, 0.2) is 0 Å². The summed E-state index contributed by atoms with van der Waals surface area (Å²) in [6.45, 7) is 6.66. The highest BCUT2D eigenvalue weighted by Gasteiger charge is 2.17. The van der Waals surface area contributed by atoms with E-state index >= 15 is 0 Å². The molecule has 4 nitrogen and oxygen atoms in total. The number of benzene rings is 1. The third-order valence-electron chi connectivity index (χ3n) is 4.34. The number of rotatable bonds is 8. The van der Waals surface area contributed by atoms with Crippen molar-refractivity contribution in [2.75, 3.05) is 0 Å². The molecule has 0 aliphatic rings. The van der Waals surface area contributed by atoms with Crippen LogP contribution >= 0.6 is 0 Å². The fourth-order valence-electron chi connectivity index (χ4n) is 3.07. The summed E-state index contributed by atoms with van der Waals surface area (Å²) in [5, 5.41) is 0. The van der Waals surface area contributed by atoms with E-state index in [1.165, 1.54) is 4.57 Å². The summed E-state index contributed by atoms with van der Waals surface area (Å²) in [6.07, 6.45) is 4.77. The highest BCUT2D eigenvalue weighted by atomic mass is 16.2. The number of aromatic nitrogens is 2. The second-order valence-electron chi connectivity index (χ2n) is 6.66. The van der Waals surface area contributed by atoms with Gasteiger partial charge in [-0.1, -0.05) is 70.4 Å². The third kappa shape index (κ3) is 4.47. The lowest BCUT2D eigenvalue weighted by atomic mass is 9.98. The van der Waals surface area contributed by atoms with Crippen molar-refractivity contribution in [2.45, 2.75) is 65.3 Å². The molecule has 1 heterocycles. The molecule has 0 bridgehead atoms. The van der Waals surface area contributed by atoms with Gasteiger partial charge >= 0.3 is 5.69 Å². The minimum absolute atomic E-state index is 0.0787. The van der Waals surface area contributed by atoms with Crippen LogP contribution in [0, 0.1) is 0 Å². The molecule has 0 aliphatic carbocycles. The van der Waals surface area contributed by atoms with Gasteiger partial charge in [-0.15, -0.1) is 0 Å². The number of aromatic amines is 1. The predicted molar refractivity (Wildman–Crippen MR) is 98.8 cm³/mol. The van der Waals surface area contributed by atoms with E-state index < -0.39 is 0 Å². The van der Waals surface area contributed by atoms with E-state index in [4.69, 9.17) is 0 Å². The van der Waals surface area contributed by atoms with Crippen molar-refractivity contribution in [1.82, 2.24) is 9.55 Å². The molecule has 24 heavy (non-hydrogen) atoms. The van der Waals surface area contributed by atoms with E-state index in [-0.39, 0.29) is 17.2 Å². The van der Waals surface area contributed by atoms with Crippen LogP contribution in [0.5, 0.6) is 0 Å². The lowest BCUT2D eigenvalue weighted by Crippen LogP contribution is -2.39. The molecule has 0 aliphatic heterocycles. The summed E-state index contributed by atoms with van der Waals surface area (Å²) in [7, 11) is 0. The average Bonchev–Trinajstić information content (AvgIpc) is 2.54. The van der Waals surface area contributed by atoms with Crippen LogP contribution < -0.4 is 11.2 Å². The lowest BCUT2D eigenvalue weighted by Gasteiger charge is -2.15. The summed E-state index contributed by atoms with van der Waals surface area (Å²) >= 11 is 0. The van der Waals surface area contributed by atoms with Crippen molar-refractivity contribution in [2.24, 2.45) is 0 Å². The van der Waals surface area contributed by atoms with Gasteiger partial charge in [0, 0.05) is 24.2 Å². The first kappa shape index (κ1) is 18.2. The molecule has 0 unspecified atom stereocenters. The van der Waals surface area contributed by atoms with Crippen molar-refractivity contribution < 1.29 is 0 Å². The van der Waals surface area contributed by atoms with Crippen LogP contribution in [-0.4, -0.2) is 9.55 Å². The van der Waals surface area contributed by atoms with Crippen LogP contribution in [0.3, 0.4) is 0 Å². The molecule has 130 valence electrons. The molecule has 0 fully saturated rings. The first-order valence-electron chi connectivity index (χ1n) is 8.94. The van der Waals surface area contributed by atoms with E-state index in [9.17, 15) is 9.59 Å². The van der Waals surface area contributed by atoms with Gasteiger partial charge in [0.1, 0.15) is 0 Å². The standard InChI is InChI=1S/C20H28N2O2/c1-4-5-6-10-13-22-19(23)18(15(2)3)17(21-20(22)24)14-16-11-8-7-9-12-16/h7-9,11-12,15H,4-6,10,13-14H2,1-3H3,(H,21,24). The molecular formula is C20H28N2O2. The topological polar surface area (TPSA) is 54.9 Å². The Bertz CT molecular complexity index is 757. The van der Waals surface area contributed by atoms with E-state index in [1.807, 2.05) is 44.2 Å². The molecule has 0 saturated carbocycles. The Kier molecular flexibility index (Phi) is 6.59. The molecule has 0 saturated heterocycles. The summed E-state index contributed by atoms with van der Waals surface area (Å²) in [5.41, 5.74) is 2.16. The maximum atomic E-state index is 12.8. The maximum Gasteiger partial charge on any atom is 0.328 e. The molecule has 0 radical (unpaired) electrons. The molecule has 0 amide bonds. The Balaban J connectivity index is 2.35. The van der Waals surface area contributed by atoms with Gasteiger partial charge in [-0.2, -0.15) is 0 Å². The molecule has 1 N–H and O–H groups in total. The summed E-state index contributed by atoms with van der Waals surface area (Å²) in [4.78, 5) is 28.2. The number of hydrogen-bond donors (Lipinski definition) is 1. The van der Waals surface area contributed by atoms with E-state index in [0.717, 1.165) is 42.5 Å². The Morgan fingerprint density at radius 2 is 1.75 bits per heavy atom. The molecule has 1 aromatic carbocycles. The van der Waals surface area contributed by atoms with Gasteiger partial charge in [0.25, 0.3) is 5.56 Å². The fourth-order valence-corrected chi connectivity index (χ4v) is 3.07. The first-order valence-corrected chi connectivity index (χ1v) is 8.94. The molecule has 0 atom stereocenters. The zero-order valence-corrected chi connectivity index (χ0v) is 15.0. The van der Waals surface area contributed by atoms with Crippen LogP contribution in [0.15, 0.2) is 39.9 Å². The van der Waals surface area contributed by atoms with E-state index in [1.54, 1.807) is 0 Å². The second-order valence-corrected chi connectivity index (χ2v) is 6.66. The minimum atomic E-state index is -0.285. The summed E-state index contributed by atoms with van der Waals surface area (Å²) in [6, 6.07) is 9.93. The number of nitrogens with one attached hydrogen (secondary N) is 1. The van der Waals surface area contributed by atoms with Crippen molar-refractivity contribution in [3.63, 3.8) is 0 Å². The smallest absolute Gasteiger partial charge is 0.310 e. The lowest BCUT2D eigenvalue weighted by molar-refractivity contribution is 0.540. The molecule has 1 aromatic heterocycles. The molecule has 4 heteroatoms. The van der Waals surface area contributed by atoms with Crippen molar-refractivity contribution >= 4 is 0 Å². The van der Waals surface area contributed by atoms with Crippen molar-refractivity contribution in [3.05, 3.63) is 68.0 Å². The van der Waals surface area contributed by atoms with E-state index in [2.05, 4.69) is 11.9 Å². The Labute approximate surface area is 143 Å². The van der Waals surface area contributed by atoms with E-state index in [0.29, 0.717) is 13.0 Å². The Morgan fingerprint density at radius 1 is 1.04 bits per heavy atom. The normalized spacial score (nSPS) is 11.2. The Morgan fingerprint density at radius 3 is 2.38 bits per heavy atom. The van der Waals surface area contributed by atoms with Gasteiger partial charge in [-0.25, -0.2) is 4.79 Å². The SMILES string of the molecule is CCCCCCn1c(=O)[nH]c(Cc2ccccc2)c(C(C)C)c1=O. The van der Waals surface area contributed by atoms with Crippen LogP contribution in [0.1, 0.15) is 69.2 Å². The van der Waals surface area contributed by atoms with Gasteiger partial charge < -0.3 is 4.98 Å². The summed E-state index contributed by atoms with van der Waals surface area (Å²) < 4.78 is 1.37. The molecular weight excluding hydrogens is 300 g/mol. The first-order chi connectivity index (χ1) is 11.5. The number of H-pyrrole nitrogens is 1. The van der Waals surface area contributed by atoms with Gasteiger partial charge in [-0.3, -0.25) is 9.36 Å². The number of unbranched alkanes of at least 4 members (excludes halogenated alkanes) is 3. The largest absolute Gasteiger partial charge is 0.328 e. The van der Waals surface area contributed by atoms with Crippen LogP contribution in [0.4, 0.5) is 0 Å². The van der Waals surface area contributed by atoms with Crippen molar-refractivity contribution in [1.29, 1.82) is 0 Å². The van der Waals surface area contributed by atoms with Gasteiger partial charge in [-0.05, 0) is 17.9 Å². The highest BCUT2D eigenvalue weighted by molar-refractivity contribution is 5.28. The monoisotopic (exact) mass is 328 g/mol. The van der Waals surface area contributed by atoms with Crippen molar-refractivity contribution in [3.8, 4) is 0 Å². The predicted octanol–water partition coefficient (Wildman–Crippen LogP) is 3.83. The molecule has 2 rings (SSSR count). The highest BCUT2D eigenvalue weighted by Crippen LogP contribution is 2.16. The zero-order valence-electron chi connectivity index (χ0n) is 15.0.